The summed E-state index contributed by atoms with van der Waals surface area (Å²) in [5.74, 6) is -0.645. The minimum atomic E-state index is -0.898. The molecule has 0 aromatic carbocycles. The number of nitrogens with two attached hydrogens (primary N) is 1. The van der Waals surface area contributed by atoms with E-state index in [2.05, 4.69) is 20.3 Å². The number of aromatic nitrogens is 4. The molecule has 1 aromatic rings. The van der Waals surface area contributed by atoms with Crippen molar-refractivity contribution in [1.82, 2.24) is 25.5 Å². The van der Waals surface area contributed by atoms with Gasteiger partial charge in [-0.1, -0.05) is 11.8 Å². The molecule has 0 aliphatic heterocycles. The number of nitrogens with zero attached hydrogens (tertiary/aromatic N) is 4. The van der Waals surface area contributed by atoms with Crippen molar-refractivity contribution in [3.05, 3.63) is 0 Å². The number of carbonyl (C=O) groups is 3. The zero-order chi connectivity index (χ0) is 14.3. The van der Waals surface area contributed by atoms with E-state index < -0.39 is 17.9 Å². The van der Waals surface area contributed by atoms with E-state index in [0.29, 0.717) is 10.9 Å². The van der Waals surface area contributed by atoms with Crippen LogP contribution in [0.25, 0.3) is 0 Å². The fourth-order valence-electron chi connectivity index (χ4n) is 1.02. The molecule has 0 fully saturated rings. The molecule has 10 nitrogen and oxygen atoms in total. The number of ether oxygens (including phenoxy) is 1. The maximum atomic E-state index is 11.1. The first kappa shape index (κ1) is 14.9. The highest BCUT2D eigenvalue weighted by Gasteiger charge is 2.12. The monoisotopic (exact) mass is 288 g/mol. The topological polar surface area (TPSA) is 142 Å². The SMILES string of the molecule is COC(=O)Cn1nnnc1SCCC(=O)NC(N)=O. The van der Waals surface area contributed by atoms with Gasteiger partial charge in [0, 0.05) is 12.2 Å². The van der Waals surface area contributed by atoms with Gasteiger partial charge in [-0.25, -0.2) is 9.48 Å². The van der Waals surface area contributed by atoms with Crippen molar-refractivity contribution in [2.75, 3.05) is 12.9 Å². The molecule has 0 bridgehead atoms. The van der Waals surface area contributed by atoms with Gasteiger partial charge in [0.25, 0.3) is 0 Å². The molecule has 0 aliphatic rings. The number of thioether (sulfide) groups is 1. The van der Waals surface area contributed by atoms with Crippen LogP contribution in [0.4, 0.5) is 4.79 Å². The Bertz CT molecular complexity index is 476. The highest BCUT2D eigenvalue weighted by atomic mass is 32.2. The van der Waals surface area contributed by atoms with Crippen LogP contribution in [0.5, 0.6) is 0 Å². The molecule has 0 atom stereocenters. The highest BCUT2D eigenvalue weighted by Crippen LogP contribution is 2.14. The quantitative estimate of drug-likeness (QED) is 0.477. The standard InChI is InChI=1S/C8H12N6O4S/c1-18-6(16)4-14-8(11-12-13-14)19-3-2-5(15)10-7(9)17/h2-4H2,1H3,(H3,9,10,15,17). The maximum Gasteiger partial charge on any atom is 0.327 e. The summed E-state index contributed by atoms with van der Waals surface area (Å²) >= 11 is 1.17. The van der Waals surface area contributed by atoms with Crippen molar-refractivity contribution >= 4 is 29.7 Å². The van der Waals surface area contributed by atoms with E-state index in [1.165, 1.54) is 23.6 Å². The molecule has 0 saturated carbocycles. The predicted octanol–water partition coefficient (Wildman–Crippen LogP) is -1.48. The van der Waals surface area contributed by atoms with E-state index in [4.69, 9.17) is 5.73 Å². The second-order valence-corrected chi connectivity index (χ2v) is 4.27. The number of amides is 3. The number of imide groups is 1. The van der Waals surface area contributed by atoms with Gasteiger partial charge in [0.2, 0.25) is 11.1 Å². The van der Waals surface area contributed by atoms with Crippen LogP contribution in [-0.2, 0) is 20.9 Å². The summed E-state index contributed by atoms with van der Waals surface area (Å²) in [5.41, 5.74) is 4.79. The summed E-state index contributed by atoms with van der Waals surface area (Å²) in [4.78, 5) is 32.6. The second kappa shape index (κ2) is 7.31. The van der Waals surface area contributed by atoms with Crippen molar-refractivity contribution in [1.29, 1.82) is 0 Å². The lowest BCUT2D eigenvalue weighted by atomic mass is 10.4. The summed E-state index contributed by atoms with van der Waals surface area (Å²) in [6.45, 7) is -0.112. The van der Waals surface area contributed by atoms with Gasteiger partial charge in [0.05, 0.1) is 7.11 Å². The zero-order valence-corrected chi connectivity index (χ0v) is 10.8. The summed E-state index contributed by atoms with van der Waals surface area (Å²) in [6.07, 6.45) is 0.0681. The number of primary amides is 1. The van der Waals surface area contributed by atoms with Crippen LogP contribution in [-0.4, -0.2) is 51.0 Å². The van der Waals surface area contributed by atoms with Crippen LogP contribution in [0, 0.1) is 0 Å². The number of nitrogens with one attached hydrogen (secondary N) is 1. The Morgan fingerprint density at radius 2 is 2.21 bits per heavy atom. The van der Waals surface area contributed by atoms with E-state index in [1.807, 2.05) is 5.32 Å². The minimum Gasteiger partial charge on any atom is -0.468 e. The molecule has 0 unspecified atom stereocenters. The number of urea groups is 1. The molecular weight excluding hydrogens is 276 g/mol. The Kier molecular flexibility index (Phi) is 5.73. The normalized spacial score (nSPS) is 9.95. The van der Waals surface area contributed by atoms with E-state index >= 15 is 0 Å². The predicted molar refractivity (Wildman–Crippen MR) is 62.9 cm³/mol. The molecule has 0 aliphatic carbocycles. The average Bonchev–Trinajstić information content (AvgIpc) is 2.75. The lowest BCUT2D eigenvalue weighted by molar-refractivity contribution is -0.141. The Morgan fingerprint density at radius 1 is 1.47 bits per heavy atom. The lowest BCUT2D eigenvalue weighted by Gasteiger charge is -2.03. The van der Waals surface area contributed by atoms with E-state index in [1.54, 1.807) is 0 Å². The van der Waals surface area contributed by atoms with Gasteiger partial charge >= 0.3 is 12.0 Å². The number of esters is 1. The molecule has 0 saturated heterocycles. The third-order valence-corrected chi connectivity index (χ3v) is 2.79. The van der Waals surface area contributed by atoms with Gasteiger partial charge in [-0.3, -0.25) is 14.9 Å². The van der Waals surface area contributed by atoms with Crippen molar-refractivity contribution in [2.45, 2.75) is 18.1 Å². The van der Waals surface area contributed by atoms with Crippen LogP contribution < -0.4 is 11.1 Å². The van der Waals surface area contributed by atoms with Crippen molar-refractivity contribution in [3.63, 3.8) is 0 Å². The molecule has 1 aromatic heterocycles. The largest absolute Gasteiger partial charge is 0.468 e. The van der Waals surface area contributed by atoms with Crippen LogP contribution in [0.15, 0.2) is 5.16 Å². The first-order valence-electron chi connectivity index (χ1n) is 5.08. The van der Waals surface area contributed by atoms with Crippen molar-refractivity contribution in [3.8, 4) is 0 Å². The Balaban J connectivity index is 2.41. The molecule has 1 heterocycles. The summed E-state index contributed by atoms with van der Waals surface area (Å²) < 4.78 is 5.74. The first-order chi connectivity index (χ1) is 9.02. The second-order valence-electron chi connectivity index (χ2n) is 3.21. The molecular formula is C8H12N6O4S. The van der Waals surface area contributed by atoms with Crippen LogP contribution in [0.2, 0.25) is 0 Å². The Hall–Kier alpha value is -2.17. The van der Waals surface area contributed by atoms with E-state index in [-0.39, 0.29) is 13.0 Å². The zero-order valence-electron chi connectivity index (χ0n) is 10.0. The molecule has 1 rings (SSSR count). The molecule has 19 heavy (non-hydrogen) atoms. The smallest absolute Gasteiger partial charge is 0.327 e. The summed E-state index contributed by atoms with van der Waals surface area (Å²) in [5, 5.41) is 13.0. The summed E-state index contributed by atoms with van der Waals surface area (Å²) in [7, 11) is 1.26. The maximum absolute atomic E-state index is 11.1. The molecule has 0 spiro atoms. The fourth-order valence-corrected chi connectivity index (χ4v) is 1.84. The van der Waals surface area contributed by atoms with E-state index in [0.717, 1.165) is 0 Å². The third-order valence-electron chi connectivity index (χ3n) is 1.83. The minimum absolute atomic E-state index is 0.0681. The van der Waals surface area contributed by atoms with Gasteiger partial charge in [-0.05, 0) is 10.4 Å². The number of methoxy groups -OCH3 is 1. The van der Waals surface area contributed by atoms with Crippen LogP contribution in [0.1, 0.15) is 6.42 Å². The lowest BCUT2D eigenvalue weighted by Crippen LogP contribution is -2.35. The molecule has 3 N–H and O–H groups in total. The first-order valence-corrected chi connectivity index (χ1v) is 6.06. The van der Waals surface area contributed by atoms with Gasteiger partial charge in [0.1, 0.15) is 6.54 Å². The Morgan fingerprint density at radius 3 is 2.84 bits per heavy atom. The number of rotatable bonds is 6. The van der Waals surface area contributed by atoms with Crippen molar-refractivity contribution in [2.24, 2.45) is 5.73 Å². The molecule has 11 heteroatoms. The molecule has 3 amide bonds. The van der Waals surface area contributed by atoms with Crippen LogP contribution >= 0.6 is 11.8 Å². The van der Waals surface area contributed by atoms with E-state index in [9.17, 15) is 14.4 Å². The third kappa shape index (κ3) is 5.33. The van der Waals surface area contributed by atoms with Crippen LogP contribution in [0.3, 0.4) is 0 Å². The average molecular weight is 288 g/mol. The van der Waals surface area contributed by atoms with Gasteiger partial charge in [0.15, 0.2) is 0 Å². The van der Waals surface area contributed by atoms with Gasteiger partial charge in [-0.2, -0.15) is 0 Å². The number of hydrogen-bond acceptors (Lipinski definition) is 8. The molecule has 104 valence electrons. The highest BCUT2D eigenvalue weighted by molar-refractivity contribution is 7.99. The Labute approximate surface area is 112 Å². The molecule has 0 radical (unpaired) electrons. The van der Waals surface area contributed by atoms with Gasteiger partial charge < -0.3 is 10.5 Å². The number of hydrogen-bond donors (Lipinski definition) is 2. The van der Waals surface area contributed by atoms with Crippen molar-refractivity contribution < 1.29 is 19.1 Å². The van der Waals surface area contributed by atoms with Gasteiger partial charge in [-0.15, -0.1) is 5.10 Å². The summed E-state index contributed by atoms with van der Waals surface area (Å²) in [6, 6.07) is -0.898. The fraction of sp³-hybridized carbons (Fsp3) is 0.500. The number of carbonyl (C=O) groups excluding carboxylic acids is 3. The number of tetrazole rings is 1.